The van der Waals surface area contributed by atoms with Crippen molar-refractivity contribution in [2.24, 2.45) is 7.05 Å². The van der Waals surface area contributed by atoms with Crippen LogP contribution in [0, 0.1) is 0 Å². The third-order valence-corrected chi connectivity index (χ3v) is 2.92. The van der Waals surface area contributed by atoms with Crippen LogP contribution in [0.25, 0.3) is 11.4 Å². The number of imidazole rings is 1. The monoisotopic (exact) mass is 244 g/mol. The van der Waals surface area contributed by atoms with Crippen molar-refractivity contribution in [2.75, 3.05) is 0 Å². The van der Waals surface area contributed by atoms with E-state index in [4.69, 9.17) is 5.11 Å². The van der Waals surface area contributed by atoms with Gasteiger partial charge < -0.3 is 9.67 Å². The van der Waals surface area contributed by atoms with E-state index in [9.17, 15) is 4.79 Å². The standard InChI is InChI=1S/C14H16N2O2/c1-16-10-9-15-14(16)12-7-3-2-5-11(12)6-4-8-13(17)18/h2-3,5,7,9-10H,4,6,8H2,1H3,(H,17,18). The average Bonchev–Trinajstić information content (AvgIpc) is 2.76. The number of aliphatic carboxylic acids is 1. The lowest BCUT2D eigenvalue weighted by atomic mass is 10.0. The maximum Gasteiger partial charge on any atom is 0.303 e. The molecular weight excluding hydrogens is 228 g/mol. The van der Waals surface area contributed by atoms with Crippen LogP contribution >= 0.6 is 0 Å². The highest BCUT2D eigenvalue weighted by atomic mass is 16.4. The molecule has 1 heterocycles. The minimum Gasteiger partial charge on any atom is -0.481 e. The molecule has 2 aromatic rings. The number of carboxylic acids is 1. The summed E-state index contributed by atoms with van der Waals surface area (Å²) in [6.07, 6.45) is 5.29. The summed E-state index contributed by atoms with van der Waals surface area (Å²) < 4.78 is 1.97. The molecular formula is C14H16N2O2. The zero-order valence-electron chi connectivity index (χ0n) is 10.3. The maximum absolute atomic E-state index is 10.5. The first-order chi connectivity index (χ1) is 8.68. The molecule has 0 fully saturated rings. The van der Waals surface area contributed by atoms with Crippen LogP contribution in [-0.4, -0.2) is 20.6 Å². The van der Waals surface area contributed by atoms with Gasteiger partial charge in [-0.2, -0.15) is 0 Å². The highest BCUT2D eigenvalue weighted by Crippen LogP contribution is 2.22. The Balaban J connectivity index is 2.21. The molecule has 1 N–H and O–H groups in total. The van der Waals surface area contributed by atoms with Crippen molar-refractivity contribution in [3.63, 3.8) is 0 Å². The van der Waals surface area contributed by atoms with Gasteiger partial charge in [-0.25, -0.2) is 4.98 Å². The molecule has 0 atom stereocenters. The first-order valence-electron chi connectivity index (χ1n) is 5.96. The maximum atomic E-state index is 10.5. The largest absolute Gasteiger partial charge is 0.481 e. The molecule has 1 aromatic carbocycles. The zero-order chi connectivity index (χ0) is 13.0. The molecule has 0 saturated carbocycles. The summed E-state index contributed by atoms with van der Waals surface area (Å²) in [6, 6.07) is 8.01. The van der Waals surface area contributed by atoms with Crippen LogP contribution in [-0.2, 0) is 18.3 Å². The number of carbonyl (C=O) groups is 1. The van der Waals surface area contributed by atoms with E-state index in [0.29, 0.717) is 6.42 Å². The lowest BCUT2D eigenvalue weighted by Gasteiger charge is -2.08. The van der Waals surface area contributed by atoms with Crippen molar-refractivity contribution in [1.29, 1.82) is 0 Å². The minimum atomic E-state index is -0.746. The molecule has 0 aliphatic heterocycles. The quantitative estimate of drug-likeness (QED) is 0.879. The van der Waals surface area contributed by atoms with Crippen molar-refractivity contribution < 1.29 is 9.90 Å². The fourth-order valence-electron chi connectivity index (χ4n) is 2.01. The van der Waals surface area contributed by atoms with Gasteiger partial charge >= 0.3 is 5.97 Å². The van der Waals surface area contributed by atoms with Crippen LogP contribution in [0.3, 0.4) is 0 Å². The van der Waals surface area contributed by atoms with Gasteiger partial charge in [-0.05, 0) is 18.4 Å². The summed E-state index contributed by atoms with van der Waals surface area (Å²) in [5.74, 6) is 0.172. The molecule has 0 aliphatic carbocycles. The number of hydrogen-bond acceptors (Lipinski definition) is 2. The van der Waals surface area contributed by atoms with Gasteiger partial charge in [0.05, 0.1) is 0 Å². The highest BCUT2D eigenvalue weighted by molar-refractivity contribution is 5.67. The predicted molar refractivity (Wildman–Crippen MR) is 69.2 cm³/mol. The van der Waals surface area contributed by atoms with E-state index in [1.54, 1.807) is 6.20 Å². The second kappa shape index (κ2) is 5.49. The number of hydrogen-bond donors (Lipinski definition) is 1. The Morgan fingerprint density at radius 3 is 2.83 bits per heavy atom. The number of nitrogens with zero attached hydrogens (tertiary/aromatic N) is 2. The van der Waals surface area contributed by atoms with Gasteiger partial charge in [0.2, 0.25) is 0 Å². The van der Waals surface area contributed by atoms with Gasteiger partial charge in [0, 0.05) is 31.4 Å². The Labute approximate surface area is 106 Å². The second-order valence-electron chi connectivity index (χ2n) is 4.27. The van der Waals surface area contributed by atoms with E-state index in [1.165, 1.54) is 0 Å². The van der Waals surface area contributed by atoms with Gasteiger partial charge in [-0.1, -0.05) is 24.3 Å². The Kier molecular flexibility index (Phi) is 3.77. The smallest absolute Gasteiger partial charge is 0.303 e. The summed E-state index contributed by atoms with van der Waals surface area (Å²) in [5, 5.41) is 8.67. The third kappa shape index (κ3) is 2.77. The predicted octanol–water partition coefficient (Wildman–Crippen LogP) is 2.49. The normalized spacial score (nSPS) is 10.5. The fraction of sp³-hybridized carbons (Fsp3) is 0.286. The molecule has 0 amide bonds. The molecule has 0 bridgehead atoms. The summed E-state index contributed by atoms with van der Waals surface area (Å²) >= 11 is 0. The van der Waals surface area contributed by atoms with Crippen LogP contribution < -0.4 is 0 Å². The van der Waals surface area contributed by atoms with Crippen molar-refractivity contribution in [3.8, 4) is 11.4 Å². The molecule has 94 valence electrons. The zero-order valence-corrected chi connectivity index (χ0v) is 10.3. The van der Waals surface area contributed by atoms with Crippen LogP contribution in [0.4, 0.5) is 0 Å². The minimum absolute atomic E-state index is 0.203. The van der Waals surface area contributed by atoms with Crippen LogP contribution in [0.2, 0.25) is 0 Å². The average molecular weight is 244 g/mol. The molecule has 0 saturated heterocycles. The van der Waals surface area contributed by atoms with E-state index in [-0.39, 0.29) is 6.42 Å². The van der Waals surface area contributed by atoms with Crippen molar-refractivity contribution >= 4 is 5.97 Å². The lowest BCUT2D eigenvalue weighted by molar-refractivity contribution is -0.137. The highest BCUT2D eigenvalue weighted by Gasteiger charge is 2.08. The van der Waals surface area contributed by atoms with Gasteiger partial charge in [-0.3, -0.25) is 4.79 Å². The molecule has 2 rings (SSSR count). The van der Waals surface area contributed by atoms with Gasteiger partial charge in [0.1, 0.15) is 5.82 Å². The van der Waals surface area contributed by atoms with E-state index in [0.717, 1.165) is 23.4 Å². The van der Waals surface area contributed by atoms with Crippen LogP contribution in [0.5, 0.6) is 0 Å². The lowest BCUT2D eigenvalue weighted by Crippen LogP contribution is -1.99. The topological polar surface area (TPSA) is 55.1 Å². The Morgan fingerprint density at radius 2 is 2.17 bits per heavy atom. The molecule has 0 unspecified atom stereocenters. The van der Waals surface area contributed by atoms with Gasteiger partial charge in [-0.15, -0.1) is 0 Å². The first kappa shape index (κ1) is 12.4. The molecule has 0 spiro atoms. The molecule has 4 nitrogen and oxygen atoms in total. The summed E-state index contributed by atoms with van der Waals surface area (Å²) in [5.41, 5.74) is 2.23. The first-order valence-corrected chi connectivity index (χ1v) is 5.96. The number of rotatable bonds is 5. The Bertz CT molecular complexity index is 546. The number of benzene rings is 1. The summed E-state index contributed by atoms with van der Waals surface area (Å²) in [7, 11) is 1.95. The molecule has 1 aromatic heterocycles. The van der Waals surface area contributed by atoms with Crippen LogP contribution in [0.1, 0.15) is 18.4 Å². The van der Waals surface area contributed by atoms with Crippen molar-refractivity contribution in [2.45, 2.75) is 19.3 Å². The molecule has 0 aliphatic rings. The number of aryl methyl sites for hydroxylation is 2. The molecule has 0 radical (unpaired) electrons. The number of aromatic nitrogens is 2. The number of carboxylic acid groups (broad SMARTS) is 1. The van der Waals surface area contributed by atoms with E-state index in [2.05, 4.69) is 4.98 Å². The van der Waals surface area contributed by atoms with E-state index in [1.807, 2.05) is 42.1 Å². The Hall–Kier alpha value is -2.10. The molecule has 18 heavy (non-hydrogen) atoms. The van der Waals surface area contributed by atoms with Crippen molar-refractivity contribution in [1.82, 2.24) is 9.55 Å². The second-order valence-corrected chi connectivity index (χ2v) is 4.27. The van der Waals surface area contributed by atoms with Crippen LogP contribution in [0.15, 0.2) is 36.7 Å². The van der Waals surface area contributed by atoms with E-state index < -0.39 is 5.97 Å². The summed E-state index contributed by atoms with van der Waals surface area (Å²) in [6.45, 7) is 0. The summed E-state index contributed by atoms with van der Waals surface area (Å²) in [4.78, 5) is 14.9. The third-order valence-electron chi connectivity index (χ3n) is 2.92. The van der Waals surface area contributed by atoms with E-state index >= 15 is 0 Å². The fourth-order valence-corrected chi connectivity index (χ4v) is 2.01. The van der Waals surface area contributed by atoms with Gasteiger partial charge in [0.15, 0.2) is 0 Å². The SMILES string of the molecule is Cn1ccnc1-c1ccccc1CCCC(=O)O. The van der Waals surface area contributed by atoms with Crippen molar-refractivity contribution in [3.05, 3.63) is 42.2 Å². The molecule has 4 heteroatoms. The van der Waals surface area contributed by atoms with Gasteiger partial charge in [0.25, 0.3) is 0 Å². The Morgan fingerprint density at radius 1 is 1.39 bits per heavy atom.